The fraction of sp³-hybridized carbons (Fsp3) is 0.667. The lowest BCUT2D eigenvalue weighted by Crippen LogP contribution is -2.48. The maximum absolute atomic E-state index is 10.7. The monoisotopic (exact) mass is 269 g/mol. The van der Waals surface area contributed by atoms with Gasteiger partial charge in [-0.2, -0.15) is 0 Å². The molecule has 2 N–H and O–H groups in total. The lowest BCUT2D eigenvalue weighted by molar-refractivity contribution is -0.140. The van der Waals surface area contributed by atoms with E-state index in [9.17, 15) is 9.59 Å². The summed E-state index contributed by atoms with van der Waals surface area (Å²) >= 11 is 1.88. The van der Waals surface area contributed by atoms with Gasteiger partial charge in [-0.3, -0.25) is 9.59 Å². The van der Waals surface area contributed by atoms with Gasteiger partial charge in [0, 0.05) is 13.0 Å². The van der Waals surface area contributed by atoms with Gasteiger partial charge >= 0.3 is 5.97 Å². The van der Waals surface area contributed by atoms with Crippen LogP contribution in [0.15, 0.2) is 0 Å². The second-order valence-electron chi connectivity index (χ2n) is 2.55. The van der Waals surface area contributed by atoms with E-state index in [1.54, 1.807) is 0 Å². The van der Waals surface area contributed by atoms with Gasteiger partial charge in [-0.15, -0.1) is 0 Å². The third kappa shape index (κ3) is 1.82. The number of aliphatic carboxylic acids is 1. The van der Waals surface area contributed by atoms with E-state index in [4.69, 9.17) is 5.11 Å². The highest BCUT2D eigenvalue weighted by atomic mass is 127. The van der Waals surface area contributed by atoms with Crippen molar-refractivity contribution in [3.63, 3.8) is 0 Å². The molecule has 0 aromatic rings. The van der Waals surface area contributed by atoms with Gasteiger partial charge in [-0.25, -0.2) is 0 Å². The van der Waals surface area contributed by atoms with Crippen molar-refractivity contribution < 1.29 is 14.7 Å². The zero-order chi connectivity index (χ0) is 8.48. The van der Waals surface area contributed by atoms with E-state index in [0.717, 1.165) is 0 Å². The molecule has 0 radical (unpaired) electrons. The first-order valence-electron chi connectivity index (χ1n) is 3.24. The molecule has 1 amide bonds. The Kier molecular flexibility index (Phi) is 2.36. The topological polar surface area (TPSA) is 66.4 Å². The number of hydrogen-bond acceptors (Lipinski definition) is 2. The van der Waals surface area contributed by atoms with Crippen LogP contribution < -0.4 is 5.32 Å². The van der Waals surface area contributed by atoms with Crippen molar-refractivity contribution >= 4 is 34.5 Å². The molecule has 1 heterocycles. The number of amides is 1. The largest absolute Gasteiger partial charge is 0.480 e. The molecule has 0 aliphatic carbocycles. The summed E-state index contributed by atoms with van der Waals surface area (Å²) in [4.78, 5) is 21.3. The second-order valence-corrected chi connectivity index (χ2v) is 4.61. The summed E-state index contributed by atoms with van der Waals surface area (Å²) in [5.41, 5.74) is 0. The van der Waals surface area contributed by atoms with Crippen molar-refractivity contribution in [2.45, 2.75) is 16.3 Å². The van der Waals surface area contributed by atoms with Gasteiger partial charge < -0.3 is 10.4 Å². The normalized spacial score (nSPS) is 31.2. The number of carboxylic acids is 1. The number of carbonyl (C=O) groups excluding carboxylic acids is 1. The zero-order valence-electron chi connectivity index (χ0n) is 5.76. The van der Waals surface area contributed by atoms with E-state index in [1.807, 2.05) is 22.6 Å². The van der Waals surface area contributed by atoms with Crippen LogP contribution in [0, 0.1) is 0 Å². The minimum atomic E-state index is -0.849. The summed E-state index contributed by atoms with van der Waals surface area (Å²) < 4.78 is -0.786. The smallest absolute Gasteiger partial charge is 0.321 e. The molecule has 1 unspecified atom stereocenters. The maximum atomic E-state index is 10.7. The van der Waals surface area contributed by atoms with Crippen LogP contribution in [0.5, 0.6) is 0 Å². The van der Waals surface area contributed by atoms with Crippen LogP contribution in [0.1, 0.15) is 12.8 Å². The molecule has 1 fully saturated rings. The van der Waals surface area contributed by atoms with Gasteiger partial charge in [0.25, 0.3) is 0 Å². The van der Waals surface area contributed by atoms with Crippen molar-refractivity contribution in [3.8, 4) is 0 Å². The lowest BCUT2D eigenvalue weighted by Gasteiger charge is -2.27. The van der Waals surface area contributed by atoms with Gasteiger partial charge in [0.1, 0.15) is 3.42 Å². The Hall–Kier alpha value is -0.330. The predicted octanol–water partition coefficient (Wildman–Crippen LogP) is 0.155. The predicted molar refractivity (Wildman–Crippen MR) is 46.6 cm³/mol. The summed E-state index contributed by atoms with van der Waals surface area (Å²) in [6.45, 7) is 0.238. The molecule has 0 aromatic carbocycles. The summed E-state index contributed by atoms with van der Waals surface area (Å²) in [5.74, 6) is -0.906. The Labute approximate surface area is 77.5 Å². The first-order valence-corrected chi connectivity index (χ1v) is 4.31. The van der Waals surface area contributed by atoms with E-state index >= 15 is 0 Å². The van der Waals surface area contributed by atoms with Gasteiger partial charge in [-0.1, -0.05) is 22.6 Å². The number of hydrogen-bond donors (Lipinski definition) is 2. The molecule has 0 saturated carbocycles. The number of carboxylic acid groups (broad SMARTS) is 1. The van der Waals surface area contributed by atoms with Crippen LogP contribution in [0.3, 0.4) is 0 Å². The van der Waals surface area contributed by atoms with E-state index < -0.39 is 9.39 Å². The van der Waals surface area contributed by atoms with Crippen molar-refractivity contribution in [2.75, 3.05) is 6.54 Å². The van der Waals surface area contributed by atoms with Crippen molar-refractivity contribution in [1.29, 1.82) is 0 Å². The number of halogens is 1. The molecule has 4 nitrogen and oxygen atoms in total. The SMILES string of the molecule is O=C1CCC(I)(C(=O)O)CN1. The molecule has 0 bridgehead atoms. The molecule has 1 saturated heterocycles. The minimum absolute atomic E-state index is 0.0569. The third-order valence-electron chi connectivity index (χ3n) is 1.70. The van der Waals surface area contributed by atoms with Crippen LogP contribution in [-0.4, -0.2) is 26.9 Å². The van der Waals surface area contributed by atoms with Crippen LogP contribution in [0.4, 0.5) is 0 Å². The Morgan fingerprint density at radius 2 is 2.36 bits per heavy atom. The Bertz CT molecular complexity index is 194. The van der Waals surface area contributed by atoms with E-state index in [-0.39, 0.29) is 12.5 Å². The molecule has 5 heteroatoms. The van der Waals surface area contributed by atoms with Crippen molar-refractivity contribution in [2.24, 2.45) is 0 Å². The van der Waals surface area contributed by atoms with Gasteiger partial charge in [0.05, 0.1) is 0 Å². The first kappa shape index (κ1) is 8.76. The molecule has 1 rings (SSSR count). The van der Waals surface area contributed by atoms with Gasteiger partial charge in [0.15, 0.2) is 0 Å². The summed E-state index contributed by atoms with van der Waals surface area (Å²) in [5, 5.41) is 11.3. The molecule has 1 atom stereocenters. The zero-order valence-corrected chi connectivity index (χ0v) is 7.92. The maximum Gasteiger partial charge on any atom is 0.321 e. The van der Waals surface area contributed by atoms with E-state index in [0.29, 0.717) is 12.8 Å². The average molecular weight is 269 g/mol. The highest BCUT2D eigenvalue weighted by molar-refractivity contribution is 14.1. The number of rotatable bonds is 1. The van der Waals surface area contributed by atoms with Crippen LogP contribution >= 0.6 is 22.6 Å². The lowest BCUT2D eigenvalue weighted by atomic mass is 10.00. The van der Waals surface area contributed by atoms with Crippen LogP contribution in [-0.2, 0) is 9.59 Å². The van der Waals surface area contributed by atoms with Crippen LogP contribution in [0.2, 0.25) is 0 Å². The molecule has 0 aromatic heterocycles. The number of nitrogens with one attached hydrogen (secondary N) is 1. The molecule has 0 spiro atoms. The minimum Gasteiger partial charge on any atom is -0.480 e. The van der Waals surface area contributed by atoms with E-state index in [2.05, 4.69) is 5.32 Å². The summed E-state index contributed by atoms with van der Waals surface area (Å²) in [6.07, 6.45) is 0.740. The molecule has 1 aliphatic rings. The summed E-state index contributed by atoms with van der Waals surface area (Å²) in [6, 6.07) is 0. The Balaban J connectivity index is 2.62. The molecule has 62 valence electrons. The number of carbonyl (C=O) groups is 2. The molecular weight excluding hydrogens is 261 g/mol. The quantitative estimate of drug-likeness (QED) is 0.526. The Morgan fingerprint density at radius 1 is 1.73 bits per heavy atom. The van der Waals surface area contributed by atoms with Crippen molar-refractivity contribution in [3.05, 3.63) is 0 Å². The fourth-order valence-electron chi connectivity index (χ4n) is 0.910. The molecule has 1 aliphatic heterocycles. The highest BCUT2D eigenvalue weighted by Gasteiger charge is 2.38. The average Bonchev–Trinajstić information content (AvgIpc) is 1.95. The Morgan fingerprint density at radius 3 is 2.73 bits per heavy atom. The van der Waals surface area contributed by atoms with Crippen LogP contribution in [0.25, 0.3) is 0 Å². The molecular formula is C6H8INO3. The fourth-order valence-corrected chi connectivity index (χ4v) is 1.37. The van der Waals surface area contributed by atoms with Crippen molar-refractivity contribution in [1.82, 2.24) is 5.32 Å². The van der Waals surface area contributed by atoms with Gasteiger partial charge in [0.2, 0.25) is 5.91 Å². The van der Waals surface area contributed by atoms with Gasteiger partial charge in [-0.05, 0) is 6.42 Å². The standard InChI is InChI=1S/C6H8INO3/c7-6(5(10)11)2-1-4(9)8-3-6/h1-3H2,(H,8,9)(H,10,11). The highest BCUT2D eigenvalue weighted by Crippen LogP contribution is 2.27. The number of piperidine rings is 1. The third-order valence-corrected chi connectivity index (χ3v) is 3.08. The summed E-state index contributed by atoms with van der Waals surface area (Å²) in [7, 11) is 0. The second kappa shape index (κ2) is 2.96. The van der Waals surface area contributed by atoms with E-state index in [1.165, 1.54) is 0 Å². The molecule has 11 heavy (non-hydrogen) atoms. The number of alkyl halides is 1. The first-order chi connectivity index (χ1) is 5.04.